The molecule has 0 atom stereocenters. The molecule has 2 aromatic heterocycles. The highest BCUT2D eigenvalue weighted by molar-refractivity contribution is 7.18. The Hall–Kier alpha value is -1.92. The number of ether oxygens (including phenoxy) is 1. The van der Waals surface area contributed by atoms with E-state index in [0.29, 0.717) is 6.04 Å². The number of aromatic nitrogens is 1. The summed E-state index contributed by atoms with van der Waals surface area (Å²) in [5.41, 5.74) is 2.15. The van der Waals surface area contributed by atoms with E-state index in [1.165, 1.54) is 12.8 Å². The molecule has 0 radical (unpaired) electrons. The molecule has 2 aliphatic rings. The van der Waals surface area contributed by atoms with Gasteiger partial charge in [0.05, 0.1) is 23.1 Å². The number of thiophene rings is 1. The van der Waals surface area contributed by atoms with Crippen molar-refractivity contribution in [3.63, 3.8) is 0 Å². The molecule has 0 bridgehead atoms. The summed E-state index contributed by atoms with van der Waals surface area (Å²) in [6.45, 7) is 3.18. The summed E-state index contributed by atoms with van der Waals surface area (Å²) < 4.78 is 5.48. The summed E-state index contributed by atoms with van der Waals surface area (Å²) in [4.78, 5) is 20.1. The third-order valence-corrected chi connectivity index (χ3v) is 6.09. The molecule has 2 fully saturated rings. The van der Waals surface area contributed by atoms with E-state index in [2.05, 4.69) is 21.3 Å². The predicted octanol–water partition coefficient (Wildman–Crippen LogP) is 3.32. The number of carbonyl (C=O) groups is 1. The zero-order chi connectivity index (χ0) is 17.1. The van der Waals surface area contributed by atoms with Crippen molar-refractivity contribution in [2.75, 3.05) is 31.2 Å². The van der Waals surface area contributed by atoms with Crippen LogP contribution in [0.4, 0.5) is 5.00 Å². The zero-order valence-electron chi connectivity index (χ0n) is 14.2. The molecule has 132 valence electrons. The Morgan fingerprint density at radius 1 is 1.28 bits per heavy atom. The van der Waals surface area contributed by atoms with E-state index in [4.69, 9.17) is 4.74 Å². The average molecular weight is 357 g/mol. The molecule has 6 heteroatoms. The lowest BCUT2D eigenvalue weighted by atomic mass is 10.1. The first-order valence-electron chi connectivity index (χ1n) is 8.99. The fraction of sp³-hybridized carbons (Fsp3) is 0.474. The van der Waals surface area contributed by atoms with Gasteiger partial charge in [0.15, 0.2) is 0 Å². The number of amides is 1. The molecule has 1 amide bonds. The number of nitrogens with one attached hydrogen (secondary N) is 1. The monoisotopic (exact) mass is 357 g/mol. The zero-order valence-corrected chi connectivity index (χ0v) is 15.1. The number of morpholine rings is 1. The maximum Gasteiger partial charge on any atom is 0.261 e. The van der Waals surface area contributed by atoms with E-state index in [9.17, 15) is 4.79 Å². The van der Waals surface area contributed by atoms with Crippen molar-refractivity contribution in [3.8, 4) is 11.1 Å². The number of hydrogen-bond acceptors (Lipinski definition) is 5. The van der Waals surface area contributed by atoms with Crippen LogP contribution in [0.25, 0.3) is 11.1 Å². The van der Waals surface area contributed by atoms with Gasteiger partial charge in [0.2, 0.25) is 0 Å². The highest BCUT2D eigenvalue weighted by atomic mass is 32.1. The van der Waals surface area contributed by atoms with Gasteiger partial charge in [-0.2, -0.15) is 0 Å². The van der Waals surface area contributed by atoms with Crippen molar-refractivity contribution in [1.29, 1.82) is 0 Å². The third-order valence-electron chi connectivity index (χ3n) is 4.90. The highest BCUT2D eigenvalue weighted by Crippen LogP contribution is 2.39. The number of anilines is 1. The van der Waals surface area contributed by atoms with Crippen molar-refractivity contribution < 1.29 is 9.53 Å². The van der Waals surface area contributed by atoms with Crippen molar-refractivity contribution in [3.05, 3.63) is 35.5 Å². The fourth-order valence-electron chi connectivity index (χ4n) is 3.55. The lowest BCUT2D eigenvalue weighted by Gasteiger charge is -2.28. The average Bonchev–Trinajstić information content (AvgIpc) is 3.33. The summed E-state index contributed by atoms with van der Waals surface area (Å²) in [7, 11) is 0. The normalized spacial score (nSPS) is 18.5. The van der Waals surface area contributed by atoms with Crippen LogP contribution in [0.3, 0.4) is 0 Å². The van der Waals surface area contributed by atoms with E-state index >= 15 is 0 Å². The van der Waals surface area contributed by atoms with Gasteiger partial charge in [-0.15, -0.1) is 11.3 Å². The topological polar surface area (TPSA) is 54.5 Å². The van der Waals surface area contributed by atoms with Gasteiger partial charge < -0.3 is 15.0 Å². The van der Waals surface area contributed by atoms with Crippen LogP contribution in [0.2, 0.25) is 0 Å². The molecule has 1 saturated heterocycles. The molecule has 1 saturated carbocycles. The van der Waals surface area contributed by atoms with Crippen molar-refractivity contribution in [1.82, 2.24) is 10.3 Å². The first-order valence-corrected chi connectivity index (χ1v) is 9.81. The molecular weight excluding hydrogens is 334 g/mol. The van der Waals surface area contributed by atoms with Crippen molar-refractivity contribution >= 4 is 22.2 Å². The number of carbonyl (C=O) groups excluding carboxylic acids is 1. The van der Waals surface area contributed by atoms with Crippen LogP contribution in [0.5, 0.6) is 0 Å². The molecule has 25 heavy (non-hydrogen) atoms. The Kier molecular flexibility index (Phi) is 4.99. The lowest BCUT2D eigenvalue weighted by Crippen LogP contribution is -2.36. The number of rotatable bonds is 4. The molecule has 0 aromatic carbocycles. The maximum absolute atomic E-state index is 12.7. The molecule has 1 N–H and O–H groups in total. The molecule has 1 aliphatic heterocycles. The minimum absolute atomic E-state index is 0.0570. The number of hydrogen-bond donors (Lipinski definition) is 1. The Morgan fingerprint density at radius 3 is 2.80 bits per heavy atom. The summed E-state index contributed by atoms with van der Waals surface area (Å²) in [5.74, 6) is 0.0570. The van der Waals surface area contributed by atoms with Gasteiger partial charge in [-0.3, -0.25) is 9.78 Å². The Morgan fingerprint density at radius 2 is 2.08 bits per heavy atom. The van der Waals surface area contributed by atoms with E-state index in [-0.39, 0.29) is 5.91 Å². The van der Waals surface area contributed by atoms with Gasteiger partial charge in [-0.05, 0) is 25.0 Å². The third kappa shape index (κ3) is 3.70. The highest BCUT2D eigenvalue weighted by Gasteiger charge is 2.24. The van der Waals surface area contributed by atoms with E-state index < -0.39 is 0 Å². The molecular formula is C19H23N3O2S. The largest absolute Gasteiger partial charge is 0.378 e. The van der Waals surface area contributed by atoms with Gasteiger partial charge in [0.25, 0.3) is 5.91 Å². The van der Waals surface area contributed by atoms with Crippen LogP contribution in [0, 0.1) is 0 Å². The second kappa shape index (κ2) is 7.54. The Balaban J connectivity index is 1.63. The van der Waals surface area contributed by atoms with Crippen molar-refractivity contribution in [2.45, 2.75) is 31.7 Å². The van der Waals surface area contributed by atoms with Crippen LogP contribution in [0.1, 0.15) is 35.4 Å². The van der Waals surface area contributed by atoms with Crippen molar-refractivity contribution in [2.24, 2.45) is 0 Å². The lowest BCUT2D eigenvalue weighted by molar-refractivity contribution is 0.0942. The molecule has 2 aromatic rings. The van der Waals surface area contributed by atoms with Gasteiger partial charge in [0, 0.05) is 42.7 Å². The second-order valence-corrected chi connectivity index (χ2v) is 7.66. The molecule has 4 rings (SSSR count). The smallest absolute Gasteiger partial charge is 0.261 e. The van der Waals surface area contributed by atoms with Crippen LogP contribution < -0.4 is 10.2 Å². The van der Waals surface area contributed by atoms with Gasteiger partial charge in [-0.25, -0.2) is 0 Å². The quantitative estimate of drug-likeness (QED) is 0.912. The number of nitrogens with zero attached hydrogens (tertiary/aromatic N) is 2. The molecule has 0 spiro atoms. The predicted molar refractivity (Wildman–Crippen MR) is 100 cm³/mol. The summed E-state index contributed by atoms with van der Waals surface area (Å²) in [6, 6.07) is 6.35. The second-order valence-electron chi connectivity index (χ2n) is 6.63. The standard InChI is InChI=1S/C19H23N3O2S/c23-18(21-15-5-1-2-6-15)17-12-16(14-4-3-7-20-13-14)19(25-17)22-8-10-24-11-9-22/h3-4,7,12-13,15H,1-2,5-6,8-11H2,(H,21,23). The first kappa shape index (κ1) is 16.5. The minimum atomic E-state index is 0.0570. The fourth-order valence-corrected chi connectivity index (χ4v) is 4.69. The van der Waals surface area contributed by atoms with Crippen LogP contribution in [0.15, 0.2) is 30.6 Å². The maximum atomic E-state index is 12.7. The minimum Gasteiger partial charge on any atom is -0.378 e. The first-order chi connectivity index (χ1) is 12.3. The van der Waals surface area contributed by atoms with E-state index in [0.717, 1.165) is 60.2 Å². The van der Waals surface area contributed by atoms with E-state index in [1.54, 1.807) is 17.5 Å². The van der Waals surface area contributed by atoms with E-state index in [1.807, 2.05) is 18.3 Å². The molecule has 1 aliphatic carbocycles. The number of pyridine rings is 1. The van der Waals surface area contributed by atoms with Crippen LogP contribution >= 0.6 is 11.3 Å². The molecule has 5 nitrogen and oxygen atoms in total. The molecule has 3 heterocycles. The summed E-state index contributed by atoms with van der Waals surface area (Å²) >= 11 is 1.58. The molecule has 0 unspecified atom stereocenters. The van der Waals surface area contributed by atoms with Gasteiger partial charge in [-0.1, -0.05) is 18.9 Å². The summed E-state index contributed by atoms with van der Waals surface area (Å²) in [6.07, 6.45) is 8.28. The SMILES string of the molecule is O=C(NC1CCCC1)c1cc(-c2cccnc2)c(N2CCOCC2)s1. The summed E-state index contributed by atoms with van der Waals surface area (Å²) in [5, 5.41) is 4.35. The van der Waals surface area contributed by atoms with Gasteiger partial charge in [0.1, 0.15) is 0 Å². The van der Waals surface area contributed by atoms with Crippen LogP contribution in [-0.2, 0) is 4.74 Å². The van der Waals surface area contributed by atoms with Crippen LogP contribution in [-0.4, -0.2) is 43.2 Å². The Labute approximate surface area is 152 Å². The Bertz CT molecular complexity index is 720. The van der Waals surface area contributed by atoms with Gasteiger partial charge >= 0.3 is 0 Å².